The largest absolute Gasteiger partial charge is 0.263 e. The molecule has 0 aliphatic rings. The number of rotatable bonds is 1. The van der Waals surface area contributed by atoms with Crippen molar-refractivity contribution in [1.82, 2.24) is 4.37 Å². The van der Waals surface area contributed by atoms with Gasteiger partial charge in [-0.15, -0.1) is 0 Å². The minimum Gasteiger partial charge on any atom is -0.207 e. The average Bonchev–Trinajstić information content (AvgIpc) is 2.48. The molecule has 0 unspecified atom stereocenters. The molecule has 0 amide bonds. The molecule has 68 valence electrons. The van der Waals surface area contributed by atoms with Crippen LogP contribution < -0.4 is 0 Å². The second-order valence-corrected chi connectivity index (χ2v) is 5.61. The average molecular weight is 234 g/mol. The predicted molar refractivity (Wildman–Crippen MR) is 52.7 cm³/mol. The number of halogens is 1. The topological polar surface area (TPSA) is 47.0 Å². The summed E-state index contributed by atoms with van der Waals surface area (Å²) in [6, 6.07) is 4.89. The van der Waals surface area contributed by atoms with E-state index in [1.165, 1.54) is 17.6 Å². The van der Waals surface area contributed by atoms with Crippen molar-refractivity contribution in [2.45, 2.75) is 4.90 Å². The van der Waals surface area contributed by atoms with E-state index in [2.05, 4.69) is 4.37 Å². The number of aromatic nitrogens is 1. The fourth-order valence-electron chi connectivity index (χ4n) is 1.06. The van der Waals surface area contributed by atoms with Crippen LogP contribution in [0.3, 0.4) is 0 Å². The van der Waals surface area contributed by atoms with Gasteiger partial charge in [0.15, 0.2) is 0 Å². The van der Waals surface area contributed by atoms with Crippen LogP contribution in [0.1, 0.15) is 0 Å². The van der Waals surface area contributed by atoms with E-state index in [-0.39, 0.29) is 4.90 Å². The van der Waals surface area contributed by atoms with Gasteiger partial charge in [-0.3, -0.25) is 0 Å². The van der Waals surface area contributed by atoms with Crippen LogP contribution in [0.15, 0.2) is 28.5 Å². The van der Waals surface area contributed by atoms with Crippen LogP contribution >= 0.6 is 22.2 Å². The van der Waals surface area contributed by atoms with E-state index in [1.54, 1.807) is 17.5 Å². The molecule has 2 aromatic rings. The van der Waals surface area contributed by atoms with Gasteiger partial charge >= 0.3 is 0 Å². The Morgan fingerprint density at radius 3 is 2.85 bits per heavy atom. The maximum absolute atomic E-state index is 11.1. The van der Waals surface area contributed by atoms with Gasteiger partial charge in [0, 0.05) is 21.4 Å². The molecule has 0 saturated carbocycles. The van der Waals surface area contributed by atoms with Gasteiger partial charge in [-0.25, -0.2) is 8.42 Å². The lowest BCUT2D eigenvalue weighted by atomic mass is 10.3. The Morgan fingerprint density at radius 1 is 1.38 bits per heavy atom. The third kappa shape index (κ3) is 1.54. The molecule has 0 bridgehead atoms. The summed E-state index contributed by atoms with van der Waals surface area (Å²) in [5.41, 5.74) is 0.447. The molecule has 0 atom stereocenters. The molecule has 3 nitrogen and oxygen atoms in total. The van der Waals surface area contributed by atoms with E-state index in [9.17, 15) is 8.42 Å². The summed E-state index contributed by atoms with van der Waals surface area (Å²) >= 11 is 1.21. The van der Waals surface area contributed by atoms with Crippen molar-refractivity contribution in [1.29, 1.82) is 0 Å². The lowest BCUT2D eigenvalue weighted by molar-refractivity contribution is 0.610. The van der Waals surface area contributed by atoms with Gasteiger partial charge in [0.1, 0.15) is 10.4 Å². The normalized spacial score (nSPS) is 12.1. The SMILES string of the molecule is O=S(=O)(Cl)c1cccc2csnc12. The Hall–Kier alpha value is -0.650. The predicted octanol–water partition coefficient (Wildman–Crippen LogP) is 2.22. The zero-order valence-electron chi connectivity index (χ0n) is 6.27. The van der Waals surface area contributed by atoms with E-state index in [1.807, 2.05) is 0 Å². The van der Waals surface area contributed by atoms with Gasteiger partial charge in [-0.2, -0.15) is 4.37 Å². The van der Waals surface area contributed by atoms with Gasteiger partial charge in [0.2, 0.25) is 0 Å². The maximum atomic E-state index is 11.1. The first-order valence-electron chi connectivity index (χ1n) is 3.37. The molecule has 2 rings (SSSR count). The van der Waals surface area contributed by atoms with Crippen LogP contribution in [0.5, 0.6) is 0 Å². The zero-order chi connectivity index (χ0) is 9.47. The molecule has 1 aromatic carbocycles. The van der Waals surface area contributed by atoms with Gasteiger partial charge in [0.25, 0.3) is 9.05 Å². The van der Waals surface area contributed by atoms with Crippen LogP contribution in [0.25, 0.3) is 10.9 Å². The molecule has 6 heteroatoms. The Kier molecular flexibility index (Phi) is 2.02. The van der Waals surface area contributed by atoms with Crippen molar-refractivity contribution >= 4 is 42.2 Å². The second kappa shape index (κ2) is 2.94. The Labute approximate surface area is 83.5 Å². The van der Waals surface area contributed by atoms with Crippen molar-refractivity contribution in [3.8, 4) is 0 Å². The summed E-state index contributed by atoms with van der Waals surface area (Å²) in [5.74, 6) is 0. The molecule has 0 radical (unpaired) electrons. The molecule has 0 saturated heterocycles. The number of benzene rings is 1. The molecule has 1 aromatic heterocycles. The Bertz CT molecular complexity index is 546. The van der Waals surface area contributed by atoms with E-state index in [0.29, 0.717) is 5.52 Å². The summed E-state index contributed by atoms with van der Waals surface area (Å²) in [6.45, 7) is 0. The summed E-state index contributed by atoms with van der Waals surface area (Å²) in [6.07, 6.45) is 0. The lowest BCUT2D eigenvalue weighted by Gasteiger charge is -1.95. The summed E-state index contributed by atoms with van der Waals surface area (Å²) in [5, 5.41) is 2.58. The highest BCUT2D eigenvalue weighted by Gasteiger charge is 2.15. The third-order valence-corrected chi connectivity index (χ3v) is 3.62. The fourth-order valence-corrected chi connectivity index (χ4v) is 2.80. The van der Waals surface area contributed by atoms with Crippen LogP contribution in [0, 0.1) is 0 Å². The van der Waals surface area contributed by atoms with E-state index in [4.69, 9.17) is 10.7 Å². The van der Waals surface area contributed by atoms with Crippen molar-refractivity contribution in [2.75, 3.05) is 0 Å². The zero-order valence-corrected chi connectivity index (χ0v) is 8.66. The summed E-state index contributed by atoms with van der Waals surface area (Å²) < 4.78 is 26.1. The van der Waals surface area contributed by atoms with Gasteiger partial charge in [0.05, 0.1) is 0 Å². The van der Waals surface area contributed by atoms with Crippen molar-refractivity contribution in [3.63, 3.8) is 0 Å². The van der Waals surface area contributed by atoms with E-state index in [0.717, 1.165) is 5.39 Å². The molecule has 0 N–H and O–H groups in total. The van der Waals surface area contributed by atoms with Crippen molar-refractivity contribution in [2.24, 2.45) is 0 Å². The van der Waals surface area contributed by atoms with Crippen LogP contribution in [-0.4, -0.2) is 12.8 Å². The van der Waals surface area contributed by atoms with Gasteiger partial charge in [-0.05, 0) is 17.6 Å². The number of hydrogen-bond donors (Lipinski definition) is 0. The van der Waals surface area contributed by atoms with E-state index < -0.39 is 9.05 Å². The van der Waals surface area contributed by atoms with Gasteiger partial charge < -0.3 is 0 Å². The molecule has 13 heavy (non-hydrogen) atoms. The van der Waals surface area contributed by atoms with Crippen LogP contribution in [0.4, 0.5) is 0 Å². The van der Waals surface area contributed by atoms with Gasteiger partial charge in [-0.1, -0.05) is 12.1 Å². The minimum atomic E-state index is -3.68. The maximum Gasteiger partial charge on any atom is 0.263 e. The van der Waals surface area contributed by atoms with E-state index >= 15 is 0 Å². The third-order valence-electron chi connectivity index (χ3n) is 1.62. The highest BCUT2D eigenvalue weighted by molar-refractivity contribution is 8.14. The molecular formula is C7H4ClNO2S2. The number of hydrogen-bond acceptors (Lipinski definition) is 4. The first-order valence-corrected chi connectivity index (χ1v) is 6.51. The second-order valence-electron chi connectivity index (χ2n) is 2.45. The smallest absolute Gasteiger partial charge is 0.207 e. The fraction of sp³-hybridized carbons (Fsp3) is 0. The summed E-state index contributed by atoms with van der Waals surface area (Å²) in [4.78, 5) is 0.0768. The highest BCUT2D eigenvalue weighted by atomic mass is 35.7. The monoisotopic (exact) mass is 233 g/mol. The van der Waals surface area contributed by atoms with Crippen molar-refractivity contribution in [3.05, 3.63) is 23.6 Å². The first-order chi connectivity index (χ1) is 6.09. The van der Waals surface area contributed by atoms with Crippen molar-refractivity contribution < 1.29 is 8.42 Å². The first kappa shape index (κ1) is 8.93. The van der Waals surface area contributed by atoms with Crippen LogP contribution in [-0.2, 0) is 9.05 Å². The molecule has 0 fully saturated rings. The molecule has 0 aliphatic carbocycles. The summed E-state index contributed by atoms with van der Waals surface area (Å²) in [7, 11) is 1.55. The lowest BCUT2D eigenvalue weighted by Crippen LogP contribution is -1.91. The number of fused-ring (bicyclic) bond motifs is 1. The molecule has 0 spiro atoms. The molecule has 0 aliphatic heterocycles. The molecular weight excluding hydrogens is 230 g/mol. The number of nitrogens with zero attached hydrogens (tertiary/aromatic N) is 1. The standard InChI is InChI=1S/C7H4ClNO2S2/c8-13(10,11)6-3-1-2-5-4-12-9-7(5)6/h1-4H. The Morgan fingerprint density at radius 2 is 2.15 bits per heavy atom. The van der Waals surface area contributed by atoms with Crippen LogP contribution in [0.2, 0.25) is 0 Å². The quantitative estimate of drug-likeness (QED) is 0.710. The molecule has 1 heterocycles. The minimum absolute atomic E-state index is 0.0768. The highest BCUT2D eigenvalue weighted by Crippen LogP contribution is 2.25. The Balaban J connectivity index is 2.91.